The van der Waals surface area contributed by atoms with Gasteiger partial charge >= 0.3 is 0 Å². The lowest BCUT2D eigenvalue weighted by Gasteiger charge is -2.64. The number of allylic oxidation sites excluding steroid dienone is 1. The van der Waals surface area contributed by atoms with E-state index < -0.39 is 11.0 Å². The van der Waals surface area contributed by atoms with Crippen LogP contribution in [0.4, 0.5) is 0 Å². The van der Waals surface area contributed by atoms with Crippen molar-refractivity contribution in [1.82, 2.24) is 0 Å². The van der Waals surface area contributed by atoms with E-state index >= 15 is 0 Å². The minimum Gasteiger partial charge on any atom is -0.395 e. The van der Waals surface area contributed by atoms with Gasteiger partial charge in [-0.2, -0.15) is 0 Å². The number of hydrogen-bond donors (Lipinski definition) is 3. The first-order valence-corrected chi connectivity index (χ1v) is 9.44. The fourth-order valence-corrected chi connectivity index (χ4v) is 7.03. The number of fused-ring (bicyclic) bond motifs is 2. The van der Waals surface area contributed by atoms with Gasteiger partial charge in [0.15, 0.2) is 0 Å². The number of hydrogen-bond acceptors (Lipinski definition) is 4. The van der Waals surface area contributed by atoms with Crippen LogP contribution in [0.25, 0.3) is 0 Å². The van der Waals surface area contributed by atoms with E-state index in [0.29, 0.717) is 12.8 Å². The predicted molar refractivity (Wildman–Crippen MR) is 90.2 cm³/mol. The molecule has 2 bridgehead atoms. The molecule has 4 aliphatic rings. The lowest BCUT2D eigenvalue weighted by atomic mass is 9.40. The number of carbonyl (C=O) groups excluding carboxylic acids is 1. The average molecular weight is 334 g/mol. The largest absolute Gasteiger partial charge is 0.395 e. The van der Waals surface area contributed by atoms with Crippen LogP contribution in [0.15, 0.2) is 11.6 Å². The first-order valence-electron chi connectivity index (χ1n) is 9.44. The van der Waals surface area contributed by atoms with E-state index in [4.69, 9.17) is 0 Å². The molecule has 0 heterocycles. The second-order valence-corrected chi connectivity index (χ2v) is 9.35. The van der Waals surface area contributed by atoms with Gasteiger partial charge in [-0.15, -0.1) is 0 Å². The van der Waals surface area contributed by atoms with Crippen LogP contribution in [0.3, 0.4) is 0 Å². The maximum absolute atomic E-state index is 12.6. The van der Waals surface area contributed by atoms with Gasteiger partial charge in [-0.1, -0.05) is 25.5 Å². The van der Waals surface area contributed by atoms with E-state index in [1.807, 2.05) is 6.92 Å². The van der Waals surface area contributed by atoms with Crippen LogP contribution in [-0.4, -0.2) is 39.9 Å². The van der Waals surface area contributed by atoms with Crippen LogP contribution in [0, 0.1) is 28.1 Å². The molecular weight excluding hydrogens is 304 g/mol. The molecule has 4 rings (SSSR count). The molecule has 134 valence electrons. The molecule has 0 aliphatic heterocycles. The molecule has 4 nitrogen and oxygen atoms in total. The minimum absolute atomic E-state index is 0.00594. The summed E-state index contributed by atoms with van der Waals surface area (Å²) < 4.78 is 0. The summed E-state index contributed by atoms with van der Waals surface area (Å²) in [4.78, 5) is 12.6. The fraction of sp³-hybridized carbons (Fsp3) is 0.850. The van der Waals surface area contributed by atoms with Crippen molar-refractivity contribution >= 4 is 5.78 Å². The number of rotatable bonds is 2. The number of ketones is 1. The smallest absolute Gasteiger partial charge is 0.141 e. The summed E-state index contributed by atoms with van der Waals surface area (Å²) in [6.45, 7) is 4.05. The molecule has 6 atom stereocenters. The average Bonchev–Trinajstić information content (AvgIpc) is 2.93. The first-order chi connectivity index (χ1) is 11.3. The third-order valence-electron chi connectivity index (χ3n) is 8.70. The second kappa shape index (κ2) is 4.93. The molecule has 3 N–H and O–H groups in total. The topological polar surface area (TPSA) is 77.8 Å². The zero-order chi connectivity index (χ0) is 17.4. The van der Waals surface area contributed by atoms with Gasteiger partial charge in [0.2, 0.25) is 0 Å². The molecule has 6 unspecified atom stereocenters. The Morgan fingerprint density at radius 1 is 1.12 bits per heavy atom. The fourth-order valence-electron chi connectivity index (χ4n) is 7.03. The summed E-state index contributed by atoms with van der Waals surface area (Å²) in [5.41, 5.74) is -0.125. The van der Waals surface area contributed by atoms with Gasteiger partial charge in [0, 0.05) is 12.3 Å². The van der Waals surface area contributed by atoms with Gasteiger partial charge in [-0.25, -0.2) is 0 Å². The Balaban J connectivity index is 1.78. The Bertz CT molecular complexity index is 613. The third-order valence-corrected chi connectivity index (χ3v) is 8.70. The van der Waals surface area contributed by atoms with E-state index in [9.17, 15) is 20.1 Å². The zero-order valence-electron chi connectivity index (χ0n) is 14.8. The summed E-state index contributed by atoms with van der Waals surface area (Å²) in [5, 5.41) is 30.5. The Labute approximate surface area is 144 Å². The van der Waals surface area contributed by atoms with Crippen LogP contribution in [0.2, 0.25) is 0 Å². The van der Waals surface area contributed by atoms with E-state index in [2.05, 4.69) is 13.0 Å². The van der Waals surface area contributed by atoms with Crippen LogP contribution < -0.4 is 0 Å². The minimum atomic E-state index is -0.980. The maximum atomic E-state index is 12.6. The van der Waals surface area contributed by atoms with Crippen molar-refractivity contribution in [1.29, 1.82) is 0 Å². The SMILES string of the molecule is CC1(CO)C(=O)CCC2(C)C1CCC1=CC3CC12CCC3(O)CO. The summed E-state index contributed by atoms with van der Waals surface area (Å²) in [5.74, 6) is 0.445. The molecule has 24 heavy (non-hydrogen) atoms. The molecule has 4 heteroatoms. The molecule has 0 amide bonds. The number of carbonyl (C=O) groups is 1. The summed E-state index contributed by atoms with van der Waals surface area (Å²) in [6, 6.07) is 0. The highest BCUT2D eigenvalue weighted by molar-refractivity contribution is 5.86. The van der Waals surface area contributed by atoms with Gasteiger partial charge < -0.3 is 15.3 Å². The normalized spacial score (nSPS) is 53.4. The molecular formula is C20H30O4. The summed E-state index contributed by atoms with van der Waals surface area (Å²) in [7, 11) is 0. The highest BCUT2D eigenvalue weighted by Gasteiger charge is 2.68. The van der Waals surface area contributed by atoms with E-state index in [0.717, 1.165) is 32.1 Å². The van der Waals surface area contributed by atoms with Crippen LogP contribution in [0.5, 0.6) is 0 Å². The van der Waals surface area contributed by atoms with E-state index in [1.165, 1.54) is 5.57 Å². The highest BCUT2D eigenvalue weighted by atomic mass is 16.3. The molecule has 1 spiro atoms. The molecule has 0 aromatic rings. The van der Waals surface area contributed by atoms with Crippen molar-refractivity contribution in [3.63, 3.8) is 0 Å². The molecule has 3 fully saturated rings. The molecule has 3 saturated carbocycles. The Morgan fingerprint density at radius 3 is 2.54 bits per heavy atom. The maximum Gasteiger partial charge on any atom is 0.141 e. The van der Waals surface area contributed by atoms with Crippen molar-refractivity contribution in [2.24, 2.45) is 28.1 Å². The van der Waals surface area contributed by atoms with Crippen molar-refractivity contribution in [3.05, 3.63) is 11.6 Å². The van der Waals surface area contributed by atoms with E-state index in [1.54, 1.807) is 0 Å². The van der Waals surface area contributed by atoms with Crippen molar-refractivity contribution in [3.8, 4) is 0 Å². The number of Topliss-reactive ketones (excluding diaryl/α,β-unsaturated/α-hetero) is 1. The second-order valence-electron chi connectivity index (χ2n) is 9.35. The van der Waals surface area contributed by atoms with Gasteiger partial charge in [0.25, 0.3) is 0 Å². The molecule has 0 saturated heterocycles. The van der Waals surface area contributed by atoms with Crippen LogP contribution in [0.1, 0.15) is 58.8 Å². The molecule has 0 radical (unpaired) electrons. The lowest BCUT2D eigenvalue weighted by Crippen LogP contribution is -2.61. The Hall–Kier alpha value is -0.710. The van der Waals surface area contributed by atoms with Crippen LogP contribution >= 0.6 is 0 Å². The third kappa shape index (κ3) is 1.72. The highest BCUT2D eigenvalue weighted by Crippen LogP contribution is 2.73. The number of aliphatic hydroxyl groups excluding tert-OH is 2. The summed E-state index contributed by atoms with van der Waals surface area (Å²) >= 11 is 0. The predicted octanol–water partition coefficient (Wildman–Crippen LogP) is 2.21. The summed E-state index contributed by atoms with van der Waals surface area (Å²) in [6.07, 6.45) is 7.98. The van der Waals surface area contributed by atoms with Gasteiger partial charge in [-0.05, 0) is 55.3 Å². The van der Waals surface area contributed by atoms with Crippen molar-refractivity contribution in [2.75, 3.05) is 13.2 Å². The quantitative estimate of drug-likeness (QED) is 0.677. The van der Waals surface area contributed by atoms with Crippen molar-refractivity contribution < 1.29 is 20.1 Å². The van der Waals surface area contributed by atoms with Crippen molar-refractivity contribution in [2.45, 2.75) is 64.4 Å². The first kappa shape index (κ1) is 16.7. The Kier molecular flexibility index (Phi) is 3.44. The van der Waals surface area contributed by atoms with E-state index in [-0.39, 0.29) is 41.7 Å². The Morgan fingerprint density at radius 2 is 1.88 bits per heavy atom. The standard InChI is InChI=1S/C20H30O4/c1-17(11-21)15-4-3-13-9-14-10-19(13,7-8-20(14,24)12-22)18(15,2)6-5-16(17)23/h9,14-15,21-22,24H,3-8,10-12H2,1-2H3. The van der Waals surface area contributed by atoms with Gasteiger partial charge in [0.1, 0.15) is 5.78 Å². The van der Waals surface area contributed by atoms with Crippen LogP contribution in [-0.2, 0) is 4.79 Å². The van der Waals surface area contributed by atoms with Gasteiger partial charge in [-0.3, -0.25) is 4.79 Å². The van der Waals surface area contributed by atoms with Gasteiger partial charge in [0.05, 0.1) is 24.2 Å². The molecule has 0 aromatic carbocycles. The molecule has 4 aliphatic carbocycles. The zero-order valence-corrected chi connectivity index (χ0v) is 14.8. The lowest BCUT2D eigenvalue weighted by molar-refractivity contribution is -0.173. The number of aliphatic hydroxyl groups is 3. The monoisotopic (exact) mass is 334 g/mol. The molecule has 0 aromatic heterocycles.